The Morgan fingerprint density at radius 2 is 0.855 bits per heavy atom. The quantitative estimate of drug-likeness (QED) is 0.129. The number of para-hydroxylation sites is 1. The number of fused-ring (bicyclic) bond motifs is 9. The lowest BCUT2D eigenvalue weighted by molar-refractivity contribution is 0.669. The molecule has 2 aromatic heterocycles. The molecule has 0 saturated carbocycles. The molecule has 2 heterocycles. The van der Waals surface area contributed by atoms with Crippen molar-refractivity contribution in [2.75, 3.05) is 4.90 Å². The van der Waals surface area contributed by atoms with Crippen LogP contribution in [0.2, 0.25) is 0 Å². The zero-order valence-electron chi connectivity index (χ0n) is 41.8. The van der Waals surface area contributed by atoms with E-state index in [2.05, 4.69) is 266 Å². The first kappa shape index (κ1) is 44.7. The van der Waals surface area contributed by atoms with E-state index < -0.39 is 5.41 Å². The van der Waals surface area contributed by atoms with Crippen molar-refractivity contribution < 1.29 is 4.42 Å². The lowest BCUT2D eigenvalue weighted by Crippen LogP contribution is -2.28. The first-order valence-corrected chi connectivity index (χ1v) is 25.9. The third-order valence-electron chi connectivity index (χ3n) is 15.8. The van der Waals surface area contributed by atoms with Crippen molar-refractivity contribution in [3.05, 3.63) is 307 Å². The standard InChI is InChI=1S/C73H50N2O/c1-4-48-20-26-51(27-21-48)53-30-42-69-65(44-53)66-45-54(31-43-70(66)75(69)58-34-24-50(6-3)25-35-58)52-28-36-57(37-29-52)74(60-39-41-64-63-17-11-13-19-71(63)76-72(64)47-60)59-38-40-62-61-16-10-12-18-67(61)73(68(62)46-59,55-14-8-7-9-15-55)56-32-22-49(5-2)23-33-56/h4-47H,1-3H2. The number of nitrogens with zero attached hydrogens (tertiary/aromatic N) is 2. The Balaban J connectivity index is 0.935. The molecule has 3 nitrogen and oxygen atoms in total. The van der Waals surface area contributed by atoms with Crippen molar-refractivity contribution in [3.63, 3.8) is 0 Å². The molecule has 11 aromatic carbocycles. The minimum atomic E-state index is -0.588. The summed E-state index contributed by atoms with van der Waals surface area (Å²) in [4.78, 5) is 2.38. The Labute approximate surface area is 442 Å². The molecule has 0 fully saturated rings. The molecule has 0 radical (unpaired) electrons. The molecule has 0 saturated heterocycles. The average molecular weight is 971 g/mol. The molecule has 0 aliphatic heterocycles. The van der Waals surface area contributed by atoms with Gasteiger partial charge < -0.3 is 13.9 Å². The van der Waals surface area contributed by atoms with Gasteiger partial charge in [-0.2, -0.15) is 0 Å². The highest BCUT2D eigenvalue weighted by Gasteiger charge is 2.46. The first-order chi connectivity index (χ1) is 37.5. The minimum absolute atomic E-state index is 0.588. The largest absolute Gasteiger partial charge is 0.456 e. The van der Waals surface area contributed by atoms with E-state index in [1.54, 1.807) is 0 Å². The van der Waals surface area contributed by atoms with Crippen LogP contribution in [0.25, 0.3) is 101 Å². The molecule has 1 aliphatic carbocycles. The van der Waals surface area contributed by atoms with Gasteiger partial charge in [-0.05, 0) is 151 Å². The van der Waals surface area contributed by atoms with E-state index in [1.807, 2.05) is 30.4 Å². The SMILES string of the molecule is C=Cc1ccc(-c2ccc3c(c2)c2cc(-c4ccc(N(c5ccc6c(c5)C(c5ccccc5)(c5ccc(C=C)cc5)c5ccccc5-6)c5ccc6c(c5)oc5ccccc56)cc4)ccc2n3-c2ccc(C=C)cc2)cc1. The monoisotopic (exact) mass is 970 g/mol. The number of benzene rings is 11. The molecule has 358 valence electrons. The van der Waals surface area contributed by atoms with E-state index in [0.29, 0.717) is 0 Å². The van der Waals surface area contributed by atoms with E-state index in [4.69, 9.17) is 4.42 Å². The highest BCUT2D eigenvalue weighted by molar-refractivity contribution is 6.12. The third kappa shape index (κ3) is 7.05. The summed E-state index contributed by atoms with van der Waals surface area (Å²) in [6.45, 7) is 12.1. The van der Waals surface area contributed by atoms with Crippen molar-refractivity contribution in [1.29, 1.82) is 0 Å². The predicted octanol–water partition coefficient (Wildman–Crippen LogP) is 19.8. The van der Waals surface area contributed by atoms with Gasteiger partial charge in [-0.15, -0.1) is 0 Å². The fourth-order valence-electron chi connectivity index (χ4n) is 12.1. The highest BCUT2D eigenvalue weighted by atomic mass is 16.3. The van der Waals surface area contributed by atoms with Gasteiger partial charge in [-0.3, -0.25) is 0 Å². The van der Waals surface area contributed by atoms with Crippen molar-refractivity contribution in [2.45, 2.75) is 5.41 Å². The van der Waals surface area contributed by atoms with Crippen LogP contribution in [0.15, 0.2) is 273 Å². The van der Waals surface area contributed by atoms with Gasteiger partial charge in [-0.25, -0.2) is 0 Å². The first-order valence-electron chi connectivity index (χ1n) is 25.9. The summed E-state index contributed by atoms with van der Waals surface area (Å²) in [5.74, 6) is 0. The maximum absolute atomic E-state index is 6.58. The molecule has 0 amide bonds. The normalized spacial score (nSPS) is 13.7. The zero-order valence-corrected chi connectivity index (χ0v) is 41.8. The summed E-state index contributed by atoms with van der Waals surface area (Å²) in [6.07, 6.45) is 5.69. The number of furan rings is 1. The minimum Gasteiger partial charge on any atom is -0.456 e. The topological polar surface area (TPSA) is 21.3 Å². The van der Waals surface area contributed by atoms with Gasteiger partial charge in [0.25, 0.3) is 0 Å². The summed E-state index contributed by atoms with van der Waals surface area (Å²) >= 11 is 0. The van der Waals surface area contributed by atoms with Gasteiger partial charge in [0.1, 0.15) is 11.2 Å². The number of rotatable bonds is 11. The van der Waals surface area contributed by atoms with Crippen LogP contribution in [0.4, 0.5) is 17.1 Å². The van der Waals surface area contributed by atoms with Gasteiger partial charge >= 0.3 is 0 Å². The molecule has 0 spiro atoms. The summed E-state index contributed by atoms with van der Waals surface area (Å²) in [7, 11) is 0. The van der Waals surface area contributed by atoms with Crippen LogP contribution in [0.1, 0.15) is 38.9 Å². The molecule has 13 aromatic rings. The van der Waals surface area contributed by atoms with Crippen molar-refractivity contribution in [3.8, 4) is 39.1 Å². The van der Waals surface area contributed by atoms with Crippen LogP contribution >= 0.6 is 0 Å². The van der Waals surface area contributed by atoms with Crippen LogP contribution in [0, 0.1) is 0 Å². The Morgan fingerprint density at radius 1 is 0.355 bits per heavy atom. The van der Waals surface area contributed by atoms with E-state index in [1.165, 1.54) is 55.3 Å². The van der Waals surface area contributed by atoms with Crippen LogP contribution in [-0.4, -0.2) is 4.57 Å². The molecule has 1 aliphatic rings. The number of hydrogen-bond acceptors (Lipinski definition) is 2. The lowest BCUT2D eigenvalue weighted by Gasteiger charge is -2.35. The average Bonchev–Trinajstić information content (AvgIpc) is 4.18. The second kappa shape index (κ2) is 17.9. The molecule has 1 unspecified atom stereocenters. The Hall–Kier alpha value is -9.96. The number of aromatic nitrogens is 1. The summed E-state index contributed by atoms with van der Waals surface area (Å²) < 4.78 is 8.96. The Bertz CT molecular complexity index is 4420. The van der Waals surface area contributed by atoms with Crippen molar-refractivity contribution in [2.24, 2.45) is 0 Å². The van der Waals surface area contributed by atoms with E-state index in [-0.39, 0.29) is 0 Å². The molecule has 14 rings (SSSR count). The van der Waals surface area contributed by atoms with E-state index >= 15 is 0 Å². The second-order valence-electron chi connectivity index (χ2n) is 19.8. The molecule has 3 heteroatoms. The summed E-state index contributed by atoms with van der Waals surface area (Å²) in [6, 6.07) is 90.9. The van der Waals surface area contributed by atoms with Gasteiger partial charge in [0.15, 0.2) is 0 Å². The number of hydrogen-bond donors (Lipinski definition) is 0. The molecular weight excluding hydrogens is 921 g/mol. The molecule has 0 bridgehead atoms. The van der Waals surface area contributed by atoms with Crippen LogP contribution < -0.4 is 4.90 Å². The van der Waals surface area contributed by atoms with Crippen LogP contribution in [0.3, 0.4) is 0 Å². The smallest absolute Gasteiger partial charge is 0.137 e. The van der Waals surface area contributed by atoms with Crippen molar-refractivity contribution >= 4 is 79.0 Å². The fraction of sp³-hybridized carbons (Fsp3) is 0.0137. The lowest BCUT2D eigenvalue weighted by atomic mass is 9.67. The van der Waals surface area contributed by atoms with Crippen molar-refractivity contribution in [1.82, 2.24) is 4.57 Å². The van der Waals surface area contributed by atoms with Crippen LogP contribution in [-0.2, 0) is 5.41 Å². The van der Waals surface area contributed by atoms with Crippen LogP contribution in [0.5, 0.6) is 0 Å². The summed E-state index contributed by atoms with van der Waals surface area (Å²) in [5, 5.41) is 4.58. The maximum atomic E-state index is 6.58. The fourth-order valence-corrected chi connectivity index (χ4v) is 12.1. The summed E-state index contributed by atoms with van der Waals surface area (Å²) in [5.41, 5.74) is 22.9. The molecular formula is C73H50N2O. The third-order valence-corrected chi connectivity index (χ3v) is 15.8. The van der Waals surface area contributed by atoms with Gasteiger partial charge in [0, 0.05) is 50.4 Å². The maximum Gasteiger partial charge on any atom is 0.137 e. The van der Waals surface area contributed by atoms with Gasteiger partial charge in [-0.1, -0.05) is 202 Å². The van der Waals surface area contributed by atoms with Gasteiger partial charge in [0.2, 0.25) is 0 Å². The predicted molar refractivity (Wildman–Crippen MR) is 321 cm³/mol. The van der Waals surface area contributed by atoms with E-state index in [9.17, 15) is 0 Å². The highest BCUT2D eigenvalue weighted by Crippen LogP contribution is 2.57. The molecule has 76 heavy (non-hydrogen) atoms. The number of anilines is 3. The molecule has 1 atom stereocenters. The van der Waals surface area contributed by atoms with E-state index in [0.717, 1.165) is 83.5 Å². The second-order valence-corrected chi connectivity index (χ2v) is 19.8. The molecule has 0 N–H and O–H groups in total. The zero-order chi connectivity index (χ0) is 50.9. The Kier molecular flexibility index (Phi) is 10.5. The Morgan fingerprint density at radius 3 is 1.53 bits per heavy atom. The van der Waals surface area contributed by atoms with Gasteiger partial charge in [0.05, 0.1) is 16.4 Å².